The highest BCUT2D eigenvalue weighted by Crippen LogP contribution is 2.42. The molecule has 0 aromatic heterocycles. The van der Waals surface area contributed by atoms with Gasteiger partial charge >= 0.3 is 5.97 Å². The SMILES string of the molecule is COC(=O)C1C2=C(c3ccc(OC)c(OC)c3)NCCN2C(=O)c2ccccc21. The minimum absolute atomic E-state index is 0.116. The number of nitrogens with one attached hydrogen (secondary N) is 1. The van der Waals surface area contributed by atoms with Crippen molar-refractivity contribution in [3.63, 3.8) is 0 Å². The second-order valence-corrected chi connectivity index (χ2v) is 6.76. The quantitative estimate of drug-likeness (QED) is 0.803. The van der Waals surface area contributed by atoms with E-state index in [1.54, 1.807) is 43.4 Å². The van der Waals surface area contributed by atoms with Crippen LogP contribution in [0.15, 0.2) is 48.2 Å². The van der Waals surface area contributed by atoms with Crippen LogP contribution in [0.2, 0.25) is 0 Å². The minimum Gasteiger partial charge on any atom is -0.493 e. The van der Waals surface area contributed by atoms with E-state index in [4.69, 9.17) is 14.2 Å². The van der Waals surface area contributed by atoms with Gasteiger partial charge in [-0.2, -0.15) is 0 Å². The van der Waals surface area contributed by atoms with Crippen molar-refractivity contribution in [2.45, 2.75) is 5.92 Å². The van der Waals surface area contributed by atoms with Crippen LogP contribution >= 0.6 is 0 Å². The molecule has 0 bridgehead atoms. The average molecular weight is 394 g/mol. The van der Waals surface area contributed by atoms with E-state index in [9.17, 15) is 9.59 Å². The molecular weight excluding hydrogens is 372 g/mol. The highest BCUT2D eigenvalue weighted by Gasteiger charge is 2.43. The maximum absolute atomic E-state index is 13.2. The van der Waals surface area contributed by atoms with Crippen LogP contribution in [0.25, 0.3) is 5.70 Å². The minimum atomic E-state index is -0.704. The molecule has 2 aromatic carbocycles. The van der Waals surface area contributed by atoms with E-state index in [1.807, 2.05) is 18.2 Å². The first-order chi connectivity index (χ1) is 14.1. The number of benzene rings is 2. The van der Waals surface area contributed by atoms with Gasteiger partial charge in [-0.05, 0) is 29.8 Å². The van der Waals surface area contributed by atoms with Crippen molar-refractivity contribution in [1.82, 2.24) is 10.2 Å². The van der Waals surface area contributed by atoms with Gasteiger partial charge in [-0.25, -0.2) is 0 Å². The molecule has 2 aliphatic rings. The molecule has 2 heterocycles. The van der Waals surface area contributed by atoms with E-state index in [0.29, 0.717) is 47.1 Å². The number of ether oxygens (including phenoxy) is 3. The highest BCUT2D eigenvalue weighted by molar-refractivity contribution is 6.04. The predicted octanol–water partition coefficient (Wildman–Crippen LogP) is 2.39. The number of methoxy groups -OCH3 is 3. The molecule has 4 rings (SSSR count). The van der Waals surface area contributed by atoms with E-state index in [2.05, 4.69) is 5.32 Å². The first kappa shape index (κ1) is 18.9. The maximum atomic E-state index is 13.2. The summed E-state index contributed by atoms with van der Waals surface area (Å²) in [6, 6.07) is 12.7. The normalized spacial score (nSPS) is 17.8. The van der Waals surface area contributed by atoms with Gasteiger partial charge < -0.3 is 24.4 Å². The van der Waals surface area contributed by atoms with Crippen LogP contribution in [0.1, 0.15) is 27.4 Å². The van der Waals surface area contributed by atoms with Gasteiger partial charge in [-0.1, -0.05) is 18.2 Å². The first-order valence-corrected chi connectivity index (χ1v) is 9.29. The van der Waals surface area contributed by atoms with Crippen molar-refractivity contribution in [2.75, 3.05) is 34.4 Å². The summed E-state index contributed by atoms with van der Waals surface area (Å²) < 4.78 is 15.9. The van der Waals surface area contributed by atoms with Gasteiger partial charge in [-0.15, -0.1) is 0 Å². The molecule has 1 amide bonds. The standard InChI is InChI=1S/C22H22N2O5/c1-27-16-9-8-13(12-17(16)28-2)19-20-18(22(26)29-3)14-6-4-5-7-15(14)21(25)24(20)11-10-23-19/h4-9,12,18,23H,10-11H2,1-3H3. The van der Waals surface area contributed by atoms with Crippen LogP contribution < -0.4 is 14.8 Å². The molecule has 1 atom stereocenters. The number of esters is 1. The highest BCUT2D eigenvalue weighted by atomic mass is 16.5. The Hall–Kier alpha value is -3.48. The number of hydrogen-bond donors (Lipinski definition) is 1. The lowest BCUT2D eigenvalue weighted by atomic mass is 9.83. The summed E-state index contributed by atoms with van der Waals surface area (Å²) in [5, 5.41) is 3.37. The summed E-state index contributed by atoms with van der Waals surface area (Å²) in [5.41, 5.74) is 3.27. The van der Waals surface area contributed by atoms with Gasteiger partial charge in [0.25, 0.3) is 5.91 Å². The van der Waals surface area contributed by atoms with Crippen LogP contribution in [0.3, 0.4) is 0 Å². The molecule has 2 aromatic rings. The molecule has 2 aliphatic heterocycles. The third-order valence-corrected chi connectivity index (χ3v) is 5.31. The lowest BCUT2D eigenvalue weighted by Gasteiger charge is -2.40. The molecule has 0 saturated carbocycles. The Bertz CT molecular complexity index is 1010. The monoisotopic (exact) mass is 394 g/mol. The second-order valence-electron chi connectivity index (χ2n) is 6.76. The molecule has 0 fully saturated rings. The molecule has 0 radical (unpaired) electrons. The van der Waals surface area contributed by atoms with Gasteiger partial charge in [0.15, 0.2) is 11.5 Å². The van der Waals surface area contributed by atoms with E-state index in [1.165, 1.54) is 7.11 Å². The Morgan fingerprint density at radius 2 is 1.83 bits per heavy atom. The van der Waals surface area contributed by atoms with Crippen molar-refractivity contribution in [3.8, 4) is 11.5 Å². The largest absolute Gasteiger partial charge is 0.493 e. The van der Waals surface area contributed by atoms with Gasteiger partial charge in [0.1, 0.15) is 5.92 Å². The van der Waals surface area contributed by atoms with Crippen LogP contribution in [-0.2, 0) is 9.53 Å². The summed E-state index contributed by atoms with van der Waals surface area (Å²) in [4.78, 5) is 27.7. The van der Waals surface area contributed by atoms with Crippen LogP contribution in [0.4, 0.5) is 0 Å². The molecule has 7 heteroatoms. The molecule has 1 unspecified atom stereocenters. The first-order valence-electron chi connectivity index (χ1n) is 9.29. The number of fused-ring (bicyclic) bond motifs is 2. The second kappa shape index (κ2) is 7.50. The summed E-state index contributed by atoms with van der Waals surface area (Å²) in [5.74, 6) is -0.0649. The summed E-state index contributed by atoms with van der Waals surface area (Å²) in [6.07, 6.45) is 0. The van der Waals surface area contributed by atoms with Crippen molar-refractivity contribution in [2.24, 2.45) is 0 Å². The summed E-state index contributed by atoms with van der Waals surface area (Å²) in [7, 11) is 4.50. The molecule has 0 aliphatic carbocycles. The molecule has 29 heavy (non-hydrogen) atoms. The fourth-order valence-electron chi connectivity index (χ4n) is 3.98. The van der Waals surface area contributed by atoms with Crippen molar-refractivity contribution >= 4 is 17.6 Å². The van der Waals surface area contributed by atoms with Crippen molar-refractivity contribution in [3.05, 3.63) is 64.9 Å². The molecular formula is C22H22N2O5. The summed E-state index contributed by atoms with van der Waals surface area (Å²) in [6.45, 7) is 1.03. The zero-order valence-electron chi connectivity index (χ0n) is 16.5. The molecule has 150 valence electrons. The Balaban J connectivity index is 1.96. The average Bonchev–Trinajstić information content (AvgIpc) is 2.78. The zero-order valence-corrected chi connectivity index (χ0v) is 16.5. The number of hydrogen-bond acceptors (Lipinski definition) is 6. The molecule has 7 nitrogen and oxygen atoms in total. The number of carbonyl (C=O) groups is 2. The van der Waals surface area contributed by atoms with E-state index in [0.717, 1.165) is 5.56 Å². The van der Waals surface area contributed by atoms with Gasteiger partial charge in [0, 0.05) is 24.2 Å². The third-order valence-electron chi connectivity index (χ3n) is 5.31. The van der Waals surface area contributed by atoms with Crippen LogP contribution in [0, 0.1) is 0 Å². The van der Waals surface area contributed by atoms with E-state index >= 15 is 0 Å². The number of carbonyl (C=O) groups excluding carboxylic acids is 2. The summed E-state index contributed by atoms with van der Waals surface area (Å²) >= 11 is 0. The third kappa shape index (κ3) is 2.99. The number of rotatable bonds is 4. The fourth-order valence-corrected chi connectivity index (χ4v) is 3.98. The molecule has 0 saturated heterocycles. The fraction of sp³-hybridized carbons (Fsp3) is 0.273. The Morgan fingerprint density at radius 1 is 1.07 bits per heavy atom. The van der Waals surface area contributed by atoms with Crippen molar-refractivity contribution < 1.29 is 23.8 Å². The molecule has 0 spiro atoms. The Kier molecular flexibility index (Phi) is 4.88. The van der Waals surface area contributed by atoms with Gasteiger partial charge in [-0.3, -0.25) is 9.59 Å². The van der Waals surface area contributed by atoms with E-state index < -0.39 is 11.9 Å². The number of amides is 1. The van der Waals surface area contributed by atoms with Gasteiger partial charge in [0.2, 0.25) is 0 Å². The number of nitrogens with zero attached hydrogens (tertiary/aromatic N) is 1. The van der Waals surface area contributed by atoms with Crippen molar-refractivity contribution in [1.29, 1.82) is 0 Å². The Morgan fingerprint density at radius 3 is 2.55 bits per heavy atom. The zero-order chi connectivity index (χ0) is 20.5. The predicted molar refractivity (Wildman–Crippen MR) is 107 cm³/mol. The van der Waals surface area contributed by atoms with Crippen LogP contribution in [-0.4, -0.2) is 51.2 Å². The van der Waals surface area contributed by atoms with Gasteiger partial charge in [0.05, 0.1) is 32.7 Å². The maximum Gasteiger partial charge on any atom is 0.319 e. The smallest absolute Gasteiger partial charge is 0.319 e. The van der Waals surface area contributed by atoms with Crippen LogP contribution in [0.5, 0.6) is 11.5 Å². The topological polar surface area (TPSA) is 77.1 Å². The Labute approximate surface area is 168 Å². The lowest BCUT2D eigenvalue weighted by Crippen LogP contribution is -2.48. The molecule has 1 N–H and O–H groups in total. The lowest BCUT2D eigenvalue weighted by molar-refractivity contribution is -0.141. The van der Waals surface area contributed by atoms with E-state index in [-0.39, 0.29) is 5.91 Å².